The molecule has 3 atom stereocenters. The molecule has 0 aromatic carbocycles. The van der Waals surface area contributed by atoms with Crippen LogP contribution in [0.25, 0.3) is 0 Å². The number of hydrogen-bond acceptors (Lipinski definition) is 4. The normalized spacial score (nSPS) is 28.6. The molecule has 1 heterocycles. The maximum absolute atomic E-state index is 12.6. The lowest BCUT2D eigenvalue weighted by molar-refractivity contribution is -0.121. The number of amides is 1. The third-order valence-electron chi connectivity index (χ3n) is 5.64. The summed E-state index contributed by atoms with van der Waals surface area (Å²) in [6, 6.07) is 0.921. The zero-order valence-electron chi connectivity index (χ0n) is 14.7. The van der Waals surface area contributed by atoms with E-state index in [-0.39, 0.29) is 11.2 Å². The van der Waals surface area contributed by atoms with Gasteiger partial charge in [0.05, 0.1) is 5.25 Å². The summed E-state index contributed by atoms with van der Waals surface area (Å²) in [7, 11) is 0. The third kappa shape index (κ3) is 3.48. The van der Waals surface area contributed by atoms with Gasteiger partial charge in [0.15, 0.2) is 5.16 Å². The number of rotatable bonds is 6. The first-order valence-electron chi connectivity index (χ1n) is 9.55. The molecule has 4 rings (SSSR count). The standard InChI is InChI=1S/C18H28N4OS/c1-11-5-3-4-6-15(11)19-17(23)12(2)24-18-21-20-16(13-7-8-13)22(18)14-9-10-14/h11-15H,3-10H2,1-2H3,(H,19,23)/t11-,12-,15-/m1/s1. The molecule has 0 bridgehead atoms. The summed E-state index contributed by atoms with van der Waals surface area (Å²) >= 11 is 1.58. The van der Waals surface area contributed by atoms with Crippen LogP contribution in [0.4, 0.5) is 0 Å². The molecule has 1 aromatic heterocycles. The Morgan fingerprint density at radius 2 is 1.92 bits per heavy atom. The molecule has 3 fully saturated rings. The van der Waals surface area contributed by atoms with Gasteiger partial charge in [0.1, 0.15) is 5.82 Å². The van der Waals surface area contributed by atoms with Gasteiger partial charge in [-0.25, -0.2) is 0 Å². The SMILES string of the molecule is C[C@@H]1CCCC[C@H]1NC(=O)[C@@H](C)Sc1nnc(C2CC2)n1C1CC1. The van der Waals surface area contributed by atoms with E-state index < -0.39 is 0 Å². The Labute approximate surface area is 148 Å². The Balaban J connectivity index is 1.40. The van der Waals surface area contributed by atoms with Crippen molar-refractivity contribution in [2.24, 2.45) is 5.92 Å². The van der Waals surface area contributed by atoms with E-state index >= 15 is 0 Å². The number of carbonyl (C=O) groups is 1. The summed E-state index contributed by atoms with van der Waals surface area (Å²) < 4.78 is 2.33. The molecule has 0 aliphatic heterocycles. The average molecular weight is 349 g/mol. The first-order valence-corrected chi connectivity index (χ1v) is 10.4. The Hall–Kier alpha value is -1.04. The molecule has 1 N–H and O–H groups in total. The van der Waals surface area contributed by atoms with Gasteiger partial charge in [-0.3, -0.25) is 4.79 Å². The highest BCUT2D eigenvalue weighted by molar-refractivity contribution is 8.00. The fourth-order valence-electron chi connectivity index (χ4n) is 3.71. The van der Waals surface area contributed by atoms with Crippen molar-refractivity contribution in [1.29, 1.82) is 0 Å². The van der Waals surface area contributed by atoms with Gasteiger partial charge in [0.25, 0.3) is 0 Å². The molecule has 5 nitrogen and oxygen atoms in total. The topological polar surface area (TPSA) is 59.8 Å². The van der Waals surface area contributed by atoms with E-state index in [9.17, 15) is 4.79 Å². The van der Waals surface area contributed by atoms with E-state index in [1.807, 2.05) is 6.92 Å². The molecule has 1 amide bonds. The largest absolute Gasteiger partial charge is 0.352 e. The van der Waals surface area contributed by atoms with Gasteiger partial charge in [0, 0.05) is 18.0 Å². The predicted octanol–water partition coefficient (Wildman–Crippen LogP) is 3.67. The van der Waals surface area contributed by atoms with Crippen LogP contribution in [0.5, 0.6) is 0 Å². The Bertz CT molecular complexity index is 608. The van der Waals surface area contributed by atoms with Crippen LogP contribution in [0.2, 0.25) is 0 Å². The molecule has 132 valence electrons. The van der Waals surface area contributed by atoms with Gasteiger partial charge < -0.3 is 9.88 Å². The van der Waals surface area contributed by atoms with Crippen molar-refractivity contribution in [3.05, 3.63) is 5.82 Å². The van der Waals surface area contributed by atoms with Crippen molar-refractivity contribution in [3.8, 4) is 0 Å². The minimum Gasteiger partial charge on any atom is -0.352 e. The monoisotopic (exact) mass is 348 g/mol. The van der Waals surface area contributed by atoms with Crippen molar-refractivity contribution in [2.45, 2.75) is 93.6 Å². The molecule has 24 heavy (non-hydrogen) atoms. The number of hydrogen-bond donors (Lipinski definition) is 1. The van der Waals surface area contributed by atoms with Crippen molar-refractivity contribution < 1.29 is 4.79 Å². The second kappa shape index (κ2) is 6.70. The highest BCUT2D eigenvalue weighted by atomic mass is 32.2. The van der Waals surface area contributed by atoms with Crippen LogP contribution >= 0.6 is 11.8 Å². The molecule has 1 aromatic rings. The fourth-order valence-corrected chi connectivity index (χ4v) is 4.64. The number of carbonyl (C=O) groups excluding carboxylic acids is 1. The summed E-state index contributed by atoms with van der Waals surface area (Å²) in [5.41, 5.74) is 0. The fraction of sp³-hybridized carbons (Fsp3) is 0.833. The summed E-state index contributed by atoms with van der Waals surface area (Å²) in [4.78, 5) is 12.6. The Morgan fingerprint density at radius 1 is 1.17 bits per heavy atom. The number of nitrogens with zero attached hydrogens (tertiary/aromatic N) is 3. The van der Waals surface area contributed by atoms with E-state index in [0.717, 1.165) is 17.4 Å². The minimum atomic E-state index is -0.118. The van der Waals surface area contributed by atoms with Gasteiger partial charge >= 0.3 is 0 Å². The summed E-state index contributed by atoms with van der Waals surface area (Å²) in [5, 5.41) is 13.0. The summed E-state index contributed by atoms with van der Waals surface area (Å²) in [6.45, 7) is 4.25. The molecule has 0 saturated heterocycles. The molecule has 0 unspecified atom stereocenters. The lowest BCUT2D eigenvalue weighted by Crippen LogP contribution is -2.44. The van der Waals surface area contributed by atoms with E-state index in [2.05, 4.69) is 27.0 Å². The van der Waals surface area contributed by atoms with Crippen LogP contribution in [0.15, 0.2) is 5.16 Å². The van der Waals surface area contributed by atoms with Gasteiger partial charge in [-0.2, -0.15) is 0 Å². The van der Waals surface area contributed by atoms with Crippen molar-refractivity contribution >= 4 is 17.7 Å². The average Bonchev–Trinajstić information content (AvgIpc) is 3.49. The van der Waals surface area contributed by atoms with Crippen molar-refractivity contribution in [2.75, 3.05) is 0 Å². The van der Waals surface area contributed by atoms with E-state index in [0.29, 0.717) is 23.9 Å². The Morgan fingerprint density at radius 3 is 2.58 bits per heavy atom. The maximum atomic E-state index is 12.6. The van der Waals surface area contributed by atoms with Crippen LogP contribution in [0.1, 0.15) is 83.0 Å². The van der Waals surface area contributed by atoms with Crippen molar-refractivity contribution in [1.82, 2.24) is 20.1 Å². The first-order chi connectivity index (χ1) is 11.6. The van der Waals surface area contributed by atoms with Crippen LogP contribution < -0.4 is 5.32 Å². The van der Waals surface area contributed by atoms with Crippen LogP contribution in [0, 0.1) is 5.92 Å². The van der Waals surface area contributed by atoms with Crippen LogP contribution in [-0.2, 0) is 4.79 Å². The maximum Gasteiger partial charge on any atom is 0.233 e. The quantitative estimate of drug-likeness (QED) is 0.797. The van der Waals surface area contributed by atoms with Crippen LogP contribution in [0.3, 0.4) is 0 Å². The lowest BCUT2D eigenvalue weighted by atomic mass is 9.86. The van der Waals surface area contributed by atoms with Crippen LogP contribution in [-0.4, -0.2) is 32.0 Å². The second-order valence-electron chi connectivity index (χ2n) is 7.85. The van der Waals surface area contributed by atoms with Crippen molar-refractivity contribution in [3.63, 3.8) is 0 Å². The smallest absolute Gasteiger partial charge is 0.233 e. The molecule has 6 heteroatoms. The number of aromatic nitrogens is 3. The molecular weight excluding hydrogens is 320 g/mol. The molecule has 3 saturated carbocycles. The Kier molecular flexibility index (Phi) is 4.58. The third-order valence-corrected chi connectivity index (χ3v) is 6.69. The zero-order chi connectivity index (χ0) is 16.7. The minimum absolute atomic E-state index is 0.118. The molecule has 0 radical (unpaired) electrons. The molecule has 3 aliphatic carbocycles. The predicted molar refractivity (Wildman–Crippen MR) is 95.1 cm³/mol. The summed E-state index contributed by atoms with van der Waals surface area (Å²) in [5.74, 6) is 2.52. The van der Waals surface area contributed by atoms with E-state index in [4.69, 9.17) is 0 Å². The van der Waals surface area contributed by atoms with Gasteiger partial charge in [-0.1, -0.05) is 31.5 Å². The summed E-state index contributed by atoms with van der Waals surface area (Å²) in [6.07, 6.45) is 9.82. The van der Waals surface area contributed by atoms with E-state index in [1.54, 1.807) is 11.8 Å². The van der Waals surface area contributed by atoms with Gasteiger partial charge in [-0.05, 0) is 51.4 Å². The van der Waals surface area contributed by atoms with E-state index in [1.165, 1.54) is 44.9 Å². The molecular formula is C18H28N4OS. The first kappa shape index (κ1) is 16.4. The lowest BCUT2D eigenvalue weighted by Gasteiger charge is -2.30. The zero-order valence-corrected chi connectivity index (χ0v) is 15.5. The number of thioether (sulfide) groups is 1. The van der Waals surface area contributed by atoms with Gasteiger partial charge in [0.2, 0.25) is 5.91 Å². The molecule has 3 aliphatic rings. The molecule has 0 spiro atoms. The number of nitrogens with one attached hydrogen (secondary N) is 1. The van der Waals surface area contributed by atoms with Gasteiger partial charge in [-0.15, -0.1) is 10.2 Å². The second-order valence-corrected chi connectivity index (χ2v) is 9.16. The highest BCUT2D eigenvalue weighted by Crippen LogP contribution is 2.46. The highest BCUT2D eigenvalue weighted by Gasteiger charge is 2.37.